The lowest BCUT2D eigenvalue weighted by atomic mass is 10.1. The Morgan fingerprint density at radius 3 is 0.800 bits per heavy atom. The lowest BCUT2D eigenvalue weighted by Crippen LogP contribution is -2.13. The molecule has 13 nitrogen and oxygen atoms in total. The predicted octanol–water partition coefficient (Wildman–Crippen LogP) is 10.5. The summed E-state index contributed by atoms with van der Waals surface area (Å²) in [5, 5.41) is 40.6. The predicted molar refractivity (Wildman–Crippen MR) is 234 cm³/mol. The monoisotopic (exact) mass is 869 g/mol. The van der Waals surface area contributed by atoms with Gasteiger partial charge in [-0.05, 0) is 96.5 Å². The Kier molecular flexibility index (Phi) is 14.4. The van der Waals surface area contributed by atoms with Crippen LogP contribution in [0.3, 0.4) is 0 Å². The van der Waals surface area contributed by atoms with Crippen LogP contribution in [0.1, 0.15) is 22.3 Å². The SMILES string of the molecule is OCCc1ccccc1OP1(Oc2ccccc2CCO)=NP(Oc2ccccc2)(Oc2ccccc2)=NP(Oc2ccccc2CCO)(Oc2ccccc2CCO)=N1. The second-order valence-electron chi connectivity index (χ2n) is 13.2. The van der Waals surface area contributed by atoms with Crippen molar-refractivity contribution in [3.63, 3.8) is 0 Å². The fourth-order valence-electron chi connectivity index (χ4n) is 6.19. The second-order valence-corrected chi connectivity index (χ2v) is 19.4. The van der Waals surface area contributed by atoms with E-state index in [2.05, 4.69) is 0 Å². The molecule has 0 fully saturated rings. The third kappa shape index (κ3) is 10.7. The van der Waals surface area contributed by atoms with Gasteiger partial charge >= 0.3 is 23.0 Å². The summed E-state index contributed by atoms with van der Waals surface area (Å²) in [5.41, 5.74) is 2.57. The van der Waals surface area contributed by atoms with Crippen molar-refractivity contribution in [2.45, 2.75) is 25.7 Å². The Morgan fingerprint density at radius 2 is 0.533 bits per heavy atom. The van der Waals surface area contributed by atoms with Crippen molar-refractivity contribution in [2.75, 3.05) is 26.4 Å². The van der Waals surface area contributed by atoms with Crippen molar-refractivity contribution in [1.29, 1.82) is 0 Å². The molecule has 16 heteroatoms. The minimum atomic E-state index is -4.29. The first-order chi connectivity index (χ1) is 29.4. The van der Waals surface area contributed by atoms with E-state index in [0.717, 1.165) is 0 Å². The molecule has 60 heavy (non-hydrogen) atoms. The van der Waals surface area contributed by atoms with Crippen LogP contribution in [0.5, 0.6) is 34.5 Å². The maximum Gasteiger partial charge on any atom is 0.460 e. The number of hydrogen-bond donors (Lipinski definition) is 4. The van der Waals surface area contributed by atoms with Crippen LogP contribution in [0.2, 0.25) is 0 Å². The highest BCUT2D eigenvalue weighted by Crippen LogP contribution is 2.79. The molecule has 0 saturated heterocycles. The van der Waals surface area contributed by atoms with Crippen molar-refractivity contribution in [2.24, 2.45) is 13.5 Å². The Bertz CT molecular complexity index is 2260. The van der Waals surface area contributed by atoms with Crippen LogP contribution in [0.15, 0.2) is 171 Å². The molecule has 0 amide bonds. The van der Waals surface area contributed by atoms with Crippen LogP contribution < -0.4 is 27.1 Å². The summed E-state index contributed by atoms with van der Waals surface area (Å²) < 4.78 is 57.9. The van der Waals surface area contributed by atoms with Crippen molar-refractivity contribution in [3.05, 3.63) is 180 Å². The van der Waals surface area contributed by atoms with Crippen molar-refractivity contribution < 1.29 is 47.6 Å². The third-order valence-electron chi connectivity index (χ3n) is 8.90. The molecule has 1 aliphatic heterocycles. The number of benzene rings is 6. The van der Waals surface area contributed by atoms with E-state index in [1.165, 1.54) is 0 Å². The first kappa shape index (κ1) is 42.8. The van der Waals surface area contributed by atoms with Crippen molar-refractivity contribution >= 4 is 23.0 Å². The molecule has 0 radical (unpaired) electrons. The highest BCUT2D eigenvalue weighted by molar-refractivity contribution is 7.79. The number of rotatable bonds is 20. The van der Waals surface area contributed by atoms with E-state index >= 15 is 0 Å². The fourth-order valence-corrected chi connectivity index (χ4v) is 15.4. The Labute approximate surface area is 349 Å². The highest BCUT2D eigenvalue weighted by Gasteiger charge is 2.49. The average Bonchev–Trinajstić information content (AvgIpc) is 3.24. The molecule has 1 aliphatic rings. The standard InChI is InChI=1S/C44H46N3O10P3/c48-31-27-35-15-7-11-23-41(35)54-59(55-42-24-12-8-16-36(42)28-32-49)45-58(52-39-19-3-1-4-20-39,53-40-21-5-2-6-22-40)46-60(47-59,56-43-25-13-9-17-37(43)29-33-50)57-44-26-14-10-18-38(44)30-34-51/h1-26,48-51H,27-34H2. The van der Waals surface area contributed by atoms with E-state index < -0.39 is 23.0 Å². The van der Waals surface area contributed by atoms with Gasteiger partial charge in [0.1, 0.15) is 34.5 Å². The number of nitrogens with zero attached hydrogens (tertiary/aromatic N) is 3. The Hall–Kier alpha value is -5.35. The molecular weight excluding hydrogens is 823 g/mol. The number of aliphatic hydroxyl groups excluding tert-OH is 4. The maximum atomic E-state index is 10.1. The van der Waals surface area contributed by atoms with Crippen LogP contribution in [0, 0.1) is 0 Å². The Morgan fingerprint density at radius 1 is 0.300 bits per heavy atom. The molecule has 6 aromatic rings. The zero-order valence-corrected chi connectivity index (χ0v) is 35.3. The highest BCUT2D eigenvalue weighted by atomic mass is 31.3. The summed E-state index contributed by atoms with van der Waals surface area (Å²) in [7, 11) is -12.8. The van der Waals surface area contributed by atoms with Gasteiger partial charge in [-0.1, -0.05) is 123 Å². The van der Waals surface area contributed by atoms with Gasteiger partial charge in [-0.15, -0.1) is 0 Å². The molecule has 1 heterocycles. The largest absolute Gasteiger partial charge is 0.460 e. The molecular formula is C44H46N3O10P3. The second kappa shape index (κ2) is 20.3. The smallest absolute Gasteiger partial charge is 0.413 e. The molecule has 0 aliphatic carbocycles. The molecule has 4 N–H and O–H groups in total. The lowest BCUT2D eigenvalue weighted by Gasteiger charge is -2.34. The first-order valence-electron chi connectivity index (χ1n) is 19.3. The van der Waals surface area contributed by atoms with Gasteiger partial charge in [-0.25, -0.2) is 0 Å². The molecule has 312 valence electrons. The summed E-state index contributed by atoms with van der Waals surface area (Å²) in [6.07, 6.45) is 0.942. The van der Waals surface area contributed by atoms with Gasteiger partial charge < -0.3 is 47.6 Å². The van der Waals surface area contributed by atoms with Crippen molar-refractivity contribution in [3.8, 4) is 34.5 Å². The average molecular weight is 870 g/mol. The molecule has 0 saturated carbocycles. The summed E-state index contributed by atoms with van der Waals surface area (Å²) >= 11 is 0. The zero-order valence-electron chi connectivity index (χ0n) is 32.6. The third-order valence-corrected chi connectivity index (χ3v) is 17.0. The fraction of sp³-hybridized carbons (Fsp3) is 0.182. The van der Waals surface area contributed by atoms with Crippen LogP contribution in [0.4, 0.5) is 0 Å². The quantitative estimate of drug-likeness (QED) is 0.0541. The summed E-state index contributed by atoms with van der Waals surface area (Å²) in [6.45, 7) is -0.693. The molecule has 6 aromatic carbocycles. The van der Waals surface area contributed by atoms with Crippen LogP contribution in [0.25, 0.3) is 0 Å². The molecule has 0 spiro atoms. The van der Waals surface area contributed by atoms with E-state index in [0.29, 0.717) is 56.8 Å². The van der Waals surface area contributed by atoms with Crippen LogP contribution in [-0.4, -0.2) is 46.9 Å². The molecule has 0 unspecified atom stereocenters. The van der Waals surface area contributed by atoms with E-state index in [-0.39, 0.29) is 52.1 Å². The number of hydrogen-bond acceptors (Lipinski definition) is 13. The van der Waals surface area contributed by atoms with Gasteiger partial charge in [-0.2, -0.15) is 0 Å². The minimum Gasteiger partial charge on any atom is -0.413 e. The van der Waals surface area contributed by atoms with Crippen molar-refractivity contribution in [1.82, 2.24) is 0 Å². The van der Waals surface area contributed by atoms with Gasteiger partial charge in [-0.3, -0.25) is 0 Å². The van der Waals surface area contributed by atoms with Gasteiger partial charge in [0.15, 0.2) is 0 Å². The van der Waals surface area contributed by atoms with E-state index in [4.69, 9.17) is 40.7 Å². The number of aliphatic hydroxyl groups is 4. The maximum absolute atomic E-state index is 10.1. The summed E-state index contributed by atoms with van der Waals surface area (Å²) in [4.78, 5) is 0. The molecule has 7 rings (SSSR count). The molecule has 0 aromatic heterocycles. The molecule has 0 bridgehead atoms. The van der Waals surface area contributed by atoms with Gasteiger partial charge in [0.25, 0.3) is 0 Å². The van der Waals surface area contributed by atoms with Crippen LogP contribution in [-0.2, 0) is 25.7 Å². The van der Waals surface area contributed by atoms with Gasteiger partial charge in [0.2, 0.25) is 0 Å². The summed E-state index contributed by atoms with van der Waals surface area (Å²) in [5.74, 6) is 1.96. The summed E-state index contributed by atoms with van der Waals surface area (Å²) in [6, 6.07) is 46.6. The Balaban J connectivity index is 1.62. The lowest BCUT2D eigenvalue weighted by molar-refractivity contribution is 0.297. The normalized spacial score (nSPS) is 14.7. The van der Waals surface area contributed by atoms with Gasteiger partial charge in [0.05, 0.1) is 0 Å². The van der Waals surface area contributed by atoms with E-state index in [1.807, 2.05) is 60.7 Å². The number of para-hydroxylation sites is 6. The zero-order chi connectivity index (χ0) is 41.7. The first-order valence-corrected chi connectivity index (χ1v) is 23.9. The van der Waals surface area contributed by atoms with Gasteiger partial charge in [0, 0.05) is 26.4 Å². The molecule has 0 atom stereocenters. The van der Waals surface area contributed by atoms with Crippen LogP contribution >= 0.6 is 23.0 Å². The topological polar surface area (TPSA) is 173 Å². The van der Waals surface area contributed by atoms with E-state index in [9.17, 15) is 20.4 Å². The minimum absolute atomic E-state index is 0.173. The van der Waals surface area contributed by atoms with E-state index in [1.54, 1.807) is 97.1 Å².